The van der Waals surface area contributed by atoms with E-state index in [4.69, 9.17) is 4.74 Å². The van der Waals surface area contributed by atoms with Gasteiger partial charge in [0, 0.05) is 18.0 Å². The first-order valence-electron chi connectivity index (χ1n) is 8.12. The summed E-state index contributed by atoms with van der Waals surface area (Å²) in [4.78, 5) is 0. The van der Waals surface area contributed by atoms with E-state index in [1.807, 2.05) is 0 Å². The third-order valence-corrected chi connectivity index (χ3v) is 5.35. The van der Waals surface area contributed by atoms with E-state index in [0.29, 0.717) is 31.2 Å². The molecule has 2 rings (SSSR count). The zero-order chi connectivity index (χ0) is 14.8. The van der Waals surface area contributed by atoms with Gasteiger partial charge >= 0.3 is 0 Å². The second-order valence-corrected chi connectivity index (χ2v) is 7.32. The van der Waals surface area contributed by atoms with Crippen LogP contribution < -0.4 is 5.32 Å². The van der Waals surface area contributed by atoms with Gasteiger partial charge in [0.2, 0.25) is 0 Å². The molecule has 5 unspecified atom stereocenters. The molecule has 0 aliphatic heterocycles. The van der Waals surface area contributed by atoms with E-state index in [9.17, 15) is 10.2 Å². The molecule has 0 heterocycles. The van der Waals surface area contributed by atoms with Crippen LogP contribution >= 0.6 is 0 Å². The Labute approximate surface area is 122 Å². The molecule has 4 nitrogen and oxygen atoms in total. The van der Waals surface area contributed by atoms with Gasteiger partial charge in [-0.1, -0.05) is 33.6 Å². The van der Waals surface area contributed by atoms with Crippen LogP contribution in [0.1, 0.15) is 52.9 Å². The van der Waals surface area contributed by atoms with Crippen molar-refractivity contribution in [1.82, 2.24) is 5.32 Å². The molecule has 2 saturated carbocycles. The summed E-state index contributed by atoms with van der Waals surface area (Å²) >= 11 is 0. The molecule has 0 saturated heterocycles. The van der Waals surface area contributed by atoms with Crippen LogP contribution in [-0.4, -0.2) is 47.7 Å². The normalized spacial score (nSPS) is 38.2. The molecule has 3 N–H and O–H groups in total. The number of rotatable bonds is 6. The summed E-state index contributed by atoms with van der Waals surface area (Å²) in [5.74, 6) is 0.615. The molecule has 0 aromatic heterocycles. The van der Waals surface area contributed by atoms with E-state index in [1.165, 1.54) is 19.3 Å². The molecule has 0 aromatic rings. The van der Waals surface area contributed by atoms with Crippen molar-refractivity contribution >= 4 is 0 Å². The summed E-state index contributed by atoms with van der Waals surface area (Å²) in [5, 5.41) is 23.1. The molecule has 20 heavy (non-hydrogen) atoms. The summed E-state index contributed by atoms with van der Waals surface area (Å²) in [5.41, 5.74) is -0.0849. The van der Waals surface area contributed by atoms with Gasteiger partial charge in [-0.3, -0.25) is 0 Å². The lowest BCUT2D eigenvalue weighted by molar-refractivity contribution is -0.0808. The second-order valence-electron chi connectivity index (χ2n) is 7.32. The summed E-state index contributed by atoms with van der Waals surface area (Å²) in [6.45, 7) is 7.32. The minimum absolute atomic E-state index is 0.0849. The van der Waals surface area contributed by atoms with Crippen LogP contribution in [0.2, 0.25) is 0 Å². The molecule has 5 atom stereocenters. The fraction of sp³-hybridized carbons (Fsp3) is 1.00. The quantitative estimate of drug-likeness (QED) is 0.695. The molecule has 0 spiro atoms. The smallest absolute Gasteiger partial charge is 0.0897 e. The molecular formula is C16H31NO3. The van der Waals surface area contributed by atoms with E-state index >= 15 is 0 Å². The lowest BCUT2D eigenvalue weighted by atomic mass is 9.64. The highest BCUT2D eigenvalue weighted by molar-refractivity contribution is 5.01. The maximum Gasteiger partial charge on any atom is 0.0897 e. The van der Waals surface area contributed by atoms with Crippen LogP contribution in [0.3, 0.4) is 0 Å². The zero-order valence-electron chi connectivity index (χ0n) is 13.1. The fourth-order valence-corrected chi connectivity index (χ4v) is 3.35. The maximum absolute atomic E-state index is 10.0. The van der Waals surface area contributed by atoms with Gasteiger partial charge in [-0.15, -0.1) is 0 Å². The minimum atomic E-state index is -0.460. The predicted molar refractivity (Wildman–Crippen MR) is 79.6 cm³/mol. The number of aliphatic hydroxyl groups excluding tert-OH is 2. The predicted octanol–water partition coefficient (Wildman–Crippen LogP) is 1.69. The van der Waals surface area contributed by atoms with Crippen LogP contribution in [0.25, 0.3) is 0 Å². The Balaban J connectivity index is 1.62. The SMILES string of the molecule is CC1CCCCC1OCC(O)CNC1CC(O)C1(C)C. The topological polar surface area (TPSA) is 61.7 Å². The van der Waals surface area contributed by atoms with Gasteiger partial charge in [0.1, 0.15) is 0 Å². The molecule has 2 aliphatic rings. The van der Waals surface area contributed by atoms with E-state index in [0.717, 1.165) is 12.8 Å². The lowest BCUT2D eigenvalue weighted by Gasteiger charge is -2.50. The third kappa shape index (κ3) is 3.73. The lowest BCUT2D eigenvalue weighted by Crippen LogP contribution is -2.61. The first kappa shape index (κ1) is 16.2. The van der Waals surface area contributed by atoms with Crippen molar-refractivity contribution in [3.63, 3.8) is 0 Å². The van der Waals surface area contributed by atoms with Gasteiger partial charge in [0.05, 0.1) is 24.9 Å². The van der Waals surface area contributed by atoms with Crippen molar-refractivity contribution in [3.8, 4) is 0 Å². The van der Waals surface area contributed by atoms with Gasteiger partial charge < -0.3 is 20.3 Å². The van der Waals surface area contributed by atoms with Crippen molar-refractivity contribution in [1.29, 1.82) is 0 Å². The number of hydrogen-bond acceptors (Lipinski definition) is 4. The Morgan fingerprint density at radius 2 is 2.00 bits per heavy atom. The second kappa shape index (κ2) is 6.73. The monoisotopic (exact) mass is 285 g/mol. The Morgan fingerprint density at radius 3 is 2.60 bits per heavy atom. The highest BCUT2D eigenvalue weighted by atomic mass is 16.5. The molecule has 2 aliphatic carbocycles. The molecule has 2 fully saturated rings. The van der Waals surface area contributed by atoms with Gasteiger partial charge in [-0.2, -0.15) is 0 Å². The van der Waals surface area contributed by atoms with E-state index in [1.54, 1.807) is 0 Å². The van der Waals surface area contributed by atoms with E-state index in [-0.39, 0.29) is 11.5 Å². The Bertz CT molecular complexity index is 300. The van der Waals surface area contributed by atoms with Crippen LogP contribution in [0.15, 0.2) is 0 Å². The molecule has 0 radical (unpaired) electrons. The maximum atomic E-state index is 10.0. The Morgan fingerprint density at radius 1 is 1.30 bits per heavy atom. The summed E-state index contributed by atoms with van der Waals surface area (Å²) in [6, 6.07) is 0.292. The number of ether oxygens (including phenoxy) is 1. The molecule has 0 aromatic carbocycles. The zero-order valence-corrected chi connectivity index (χ0v) is 13.1. The number of nitrogens with one attached hydrogen (secondary N) is 1. The molecular weight excluding hydrogens is 254 g/mol. The molecule has 0 amide bonds. The minimum Gasteiger partial charge on any atom is -0.392 e. The molecule has 118 valence electrons. The number of aliphatic hydroxyl groups is 2. The van der Waals surface area contributed by atoms with Crippen LogP contribution in [0.5, 0.6) is 0 Å². The van der Waals surface area contributed by atoms with Gasteiger partial charge in [0.15, 0.2) is 0 Å². The largest absolute Gasteiger partial charge is 0.392 e. The first-order valence-corrected chi connectivity index (χ1v) is 8.12. The Hall–Kier alpha value is -0.160. The standard InChI is InChI=1S/C16H31NO3/c1-11-6-4-5-7-13(11)20-10-12(18)9-17-14-8-15(19)16(14,2)3/h11-15,17-19H,4-10H2,1-3H3. The van der Waals surface area contributed by atoms with Crippen molar-refractivity contribution in [3.05, 3.63) is 0 Å². The van der Waals surface area contributed by atoms with E-state index in [2.05, 4.69) is 26.1 Å². The third-order valence-electron chi connectivity index (χ3n) is 5.35. The van der Waals surface area contributed by atoms with Crippen LogP contribution in [-0.2, 0) is 4.74 Å². The average molecular weight is 285 g/mol. The molecule has 4 heteroatoms. The van der Waals surface area contributed by atoms with E-state index < -0.39 is 6.10 Å². The highest BCUT2D eigenvalue weighted by Gasteiger charge is 2.46. The van der Waals surface area contributed by atoms with Gasteiger partial charge in [-0.05, 0) is 25.2 Å². The van der Waals surface area contributed by atoms with Gasteiger partial charge in [-0.25, -0.2) is 0 Å². The van der Waals surface area contributed by atoms with Crippen LogP contribution in [0.4, 0.5) is 0 Å². The van der Waals surface area contributed by atoms with Crippen molar-refractivity contribution < 1.29 is 14.9 Å². The average Bonchev–Trinajstić information content (AvgIpc) is 2.42. The van der Waals surface area contributed by atoms with Crippen molar-refractivity contribution in [2.45, 2.75) is 77.2 Å². The first-order chi connectivity index (χ1) is 9.41. The highest BCUT2D eigenvalue weighted by Crippen LogP contribution is 2.40. The summed E-state index contributed by atoms with van der Waals surface area (Å²) < 4.78 is 5.87. The van der Waals surface area contributed by atoms with Crippen molar-refractivity contribution in [2.75, 3.05) is 13.2 Å². The fourth-order valence-electron chi connectivity index (χ4n) is 3.35. The van der Waals surface area contributed by atoms with Gasteiger partial charge in [0.25, 0.3) is 0 Å². The summed E-state index contributed by atoms with van der Waals surface area (Å²) in [7, 11) is 0. The van der Waals surface area contributed by atoms with Crippen molar-refractivity contribution in [2.24, 2.45) is 11.3 Å². The number of hydrogen-bond donors (Lipinski definition) is 3. The summed E-state index contributed by atoms with van der Waals surface area (Å²) in [6.07, 6.45) is 5.34. The Kier molecular flexibility index (Phi) is 5.46. The molecule has 0 bridgehead atoms. The van der Waals surface area contributed by atoms with Crippen LogP contribution in [0, 0.1) is 11.3 Å².